The van der Waals surface area contributed by atoms with Gasteiger partial charge in [-0.2, -0.15) is 0 Å². The highest BCUT2D eigenvalue weighted by Crippen LogP contribution is 2.63. The smallest absolute Gasteiger partial charge is 0.246 e. The lowest BCUT2D eigenvalue weighted by molar-refractivity contribution is -0.146. The van der Waals surface area contributed by atoms with E-state index < -0.39 is 0 Å². The van der Waals surface area contributed by atoms with Crippen molar-refractivity contribution in [1.82, 2.24) is 9.88 Å². The van der Waals surface area contributed by atoms with Gasteiger partial charge < -0.3 is 4.90 Å². The Labute approximate surface area is 200 Å². The van der Waals surface area contributed by atoms with E-state index in [4.69, 9.17) is 0 Å². The number of piperidine rings is 1. The van der Waals surface area contributed by atoms with Crippen molar-refractivity contribution >= 4 is 18.2 Å². The Morgan fingerprint density at radius 3 is 2.64 bits per heavy atom. The van der Waals surface area contributed by atoms with Crippen LogP contribution in [0.5, 0.6) is 0 Å². The standard InChI is InChI=1S/C24H30N2O.C3H5N.C2H6/c1-23-13-10-21-18(11-15-26-22(27)7-3-4-12-24(21,26)2)20(23)9-8-19(23)17-6-5-14-25-16-17;1-3-4-2;1-2/h3,5-8,14,16,18,20-21H,4,9-13,15H2,1-2H3;3H,1-2H2;1-2H3. The van der Waals surface area contributed by atoms with Gasteiger partial charge in [0.2, 0.25) is 5.91 Å². The minimum absolute atomic E-state index is 0.0296. The molecule has 0 N–H and O–H groups in total. The number of allylic oxidation sites excluding steroid dienone is 3. The van der Waals surface area contributed by atoms with Crippen molar-refractivity contribution in [3.63, 3.8) is 0 Å². The third-order valence-electron chi connectivity index (χ3n) is 8.56. The molecule has 1 amide bonds. The first-order valence-corrected chi connectivity index (χ1v) is 12.6. The van der Waals surface area contributed by atoms with Crippen molar-refractivity contribution in [3.8, 4) is 0 Å². The third kappa shape index (κ3) is 4.49. The Morgan fingerprint density at radius 1 is 1.21 bits per heavy atom. The summed E-state index contributed by atoms with van der Waals surface area (Å²) in [4.78, 5) is 22.5. The Bertz CT molecular complexity index is 899. The van der Waals surface area contributed by atoms with Gasteiger partial charge in [0.05, 0.1) is 0 Å². The number of rotatable bonds is 2. The summed E-state index contributed by atoms with van der Waals surface area (Å²) >= 11 is 0. The van der Waals surface area contributed by atoms with Crippen molar-refractivity contribution in [2.45, 2.75) is 71.8 Å². The zero-order valence-corrected chi connectivity index (χ0v) is 21.0. The van der Waals surface area contributed by atoms with Gasteiger partial charge in [-0.25, -0.2) is 0 Å². The number of hydrogen-bond donors (Lipinski definition) is 0. The fourth-order valence-corrected chi connectivity index (χ4v) is 7.06. The fourth-order valence-electron chi connectivity index (χ4n) is 7.06. The van der Waals surface area contributed by atoms with Crippen LogP contribution in [0, 0.1) is 23.2 Å². The lowest BCUT2D eigenvalue weighted by atomic mass is 9.52. The molecule has 5 rings (SSSR count). The average molecular weight is 448 g/mol. The van der Waals surface area contributed by atoms with E-state index in [-0.39, 0.29) is 16.9 Å². The number of aromatic nitrogens is 1. The van der Waals surface area contributed by atoms with Crippen LogP contribution < -0.4 is 0 Å². The highest BCUT2D eigenvalue weighted by molar-refractivity contribution is 5.88. The molecule has 0 aromatic carbocycles. The maximum absolute atomic E-state index is 12.7. The van der Waals surface area contributed by atoms with Gasteiger partial charge in [-0.3, -0.25) is 14.8 Å². The molecule has 4 aliphatic rings. The fraction of sp³-hybridized carbons (Fsp3) is 0.552. The van der Waals surface area contributed by atoms with Crippen LogP contribution >= 0.6 is 0 Å². The van der Waals surface area contributed by atoms with E-state index in [0.717, 1.165) is 31.7 Å². The van der Waals surface area contributed by atoms with Gasteiger partial charge in [0.1, 0.15) is 0 Å². The summed E-state index contributed by atoms with van der Waals surface area (Å²) in [5, 5.41) is 0. The van der Waals surface area contributed by atoms with Crippen LogP contribution in [0.2, 0.25) is 0 Å². The Hall–Kier alpha value is -2.49. The molecular formula is C29H41N3O. The van der Waals surface area contributed by atoms with Gasteiger partial charge in [0.15, 0.2) is 0 Å². The second-order valence-corrected chi connectivity index (χ2v) is 9.87. The van der Waals surface area contributed by atoms with Crippen LogP contribution in [0.1, 0.15) is 71.8 Å². The zero-order valence-electron chi connectivity index (χ0n) is 21.0. The van der Waals surface area contributed by atoms with Crippen molar-refractivity contribution < 1.29 is 4.79 Å². The molecule has 2 fully saturated rings. The molecule has 5 unspecified atom stereocenters. The number of pyridine rings is 1. The van der Waals surface area contributed by atoms with Gasteiger partial charge in [-0.05, 0) is 98.6 Å². The average Bonchev–Trinajstić information content (AvgIpc) is 3.13. The minimum Gasteiger partial charge on any atom is -0.333 e. The molecule has 0 bridgehead atoms. The van der Waals surface area contributed by atoms with E-state index in [2.05, 4.69) is 66.3 Å². The van der Waals surface area contributed by atoms with Gasteiger partial charge in [-0.15, -0.1) is 0 Å². The summed E-state index contributed by atoms with van der Waals surface area (Å²) in [6, 6.07) is 4.28. The van der Waals surface area contributed by atoms with E-state index in [9.17, 15) is 4.79 Å². The molecule has 4 heteroatoms. The molecule has 1 saturated carbocycles. The SMILES string of the molecule is C=CN=C.CC.CC12CCC3C(CCN4C(=O)C=CCCC34C)C1CC=C2c1cccnc1. The number of carbonyl (C=O) groups excluding carboxylic acids is 1. The Kier molecular flexibility index (Phi) is 8.10. The predicted octanol–water partition coefficient (Wildman–Crippen LogP) is 6.72. The largest absolute Gasteiger partial charge is 0.333 e. The summed E-state index contributed by atoms with van der Waals surface area (Å²) in [5.74, 6) is 2.30. The summed E-state index contributed by atoms with van der Waals surface area (Å²) in [7, 11) is 0. The molecule has 5 atom stereocenters. The van der Waals surface area contributed by atoms with Crippen LogP contribution in [0.4, 0.5) is 0 Å². The highest BCUT2D eigenvalue weighted by atomic mass is 16.2. The van der Waals surface area contributed by atoms with Gasteiger partial charge >= 0.3 is 0 Å². The van der Waals surface area contributed by atoms with Crippen molar-refractivity contribution in [2.75, 3.05) is 6.54 Å². The lowest BCUT2D eigenvalue weighted by Gasteiger charge is -2.59. The summed E-state index contributed by atoms with van der Waals surface area (Å²) < 4.78 is 0. The second kappa shape index (κ2) is 10.6. The first-order valence-electron chi connectivity index (χ1n) is 12.6. The molecule has 33 heavy (non-hydrogen) atoms. The van der Waals surface area contributed by atoms with E-state index in [1.165, 1.54) is 36.6 Å². The molecular weight excluding hydrogens is 406 g/mol. The number of hydrogen-bond acceptors (Lipinski definition) is 3. The molecule has 1 aromatic rings. The molecule has 3 heterocycles. The topological polar surface area (TPSA) is 45.6 Å². The predicted molar refractivity (Wildman–Crippen MR) is 139 cm³/mol. The molecule has 178 valence electrons. The molecule has 0 radical (unpaired) electrons. The highest BCUT2D eigenvalue weighted by Gasteiger charge is 2.58. The maximum atomic E-state index is 12.7. The number of nitrogens with zero attached hydrogens (tertiary/aromatic N) is 3. The van der Waals surface area contributed by atoms with Crippen molar-refractivity contribution in [1.29, 1.82) is 0 Å². The van der Waals surface area contributed by atoms with Gasteiger partial charge in [0.25, 0.3) is 0 Å². The second-order valence-electron chi connectivity index (χ2n) is 9.87. The van der Waals surface area contributed by atoms with E-state index >= 15 is 0 Å². The Morgan fingerprint density at radius 2 is 1.97 bits per heavy atom. The van der Waals surface area contributed by atoms with Gasteiger partial charge in [-0.1, -0.05) is 45.6 Å². The van der Waals surface area contributed by atoms with Crippen molar-refractivity contribution in [2.24, 2.45) is 28.2 Å². The monoisotopic (exact) mass is 447 g/mol. The Balaban J connectivity index is 0.000000464. The van der Waals surface area contributed by atoms with Crippen LogP contribution in [0.15, 0.2) is 60.5 Å². The van der Waals surface area contributed by atoms with Crippen LogP contribution in [-0.4, -0.2) is 34.6 Å². The number of aliphatic imine (C=N–C) groups is 1. The summed E-state index contributed by atoms with van der Waals surface area (Å²) in [6.07, 6.45) is 18.6. The number of carbonyl (C=O) groups is 1. The molecule has 2 aliphatic heterocycles. The van der Waals surface area contributed by atoms with E-state index in [0.29, 0.717) is 11.8 Å². The normalized spacial score (nSPS) is 34.1. The van der Waals surface area contributed by atoms with Crippen molar-refractivity contribution in [3.05, 3.63) is 61.1 Å². The third-order valence-corrected chi connectivity index (χ3v) is 8.56. The van der Waals surface area contributed by atoms with Crippen LogP contribution in [0.25, 0.3) is 5.57 Å². The van der Waals surface area contributed by atoms with Crippen LogP contribution in [0.3, 0.4) is 0 Å². The quantitative estimate of drug-likeness (QED) is 0.473. The first-order chi connectivity index (χ1) is 16.0. The molecule has 4 nitrogen and oxygen atoms in total. The molecule has 2 aliphatic carbocycles. The van der Waals surface area contributed by atoms with E-state index in [1.54, 1.807) is 0 Å². The summed E-state index contributed by atoms with van der Waals surface area (Å²) in [6.45, 7) is 16.2. The lowest BCUT2D eigenvalue weighted by Crippen LogP contribution is -2.62. The zero-order chi connectivity index (χ0) is 24.1. The first kappa shape index (κ1) is 25.1. The molecule has 0 spiro atoms. The summed E-state index contributed by atoms with van der Waals surface area (Å²) in [5.41, 5.74) is 3.11. The number of fused-ring (bicyclic) bond motifs is 5. The van der Waals surface area contributed by atoms with Gasteiger partial charge in [0, 0.05) is 30.7 Å². The molecule has 1 aromatic heterocycles. The van der Waals surface area contributed by atoms with E-state index in [1.807, 2.05) is 32.3 Å². The molecule has 1 saturated heterocycles. The number of amides is 1. The minimum atomic E-state index is 0.0296. The maximum Gasteiger partial charge on any atom is 0.246 e. The van der Waals surface area contributed by atoms with Crippen LogP contribution in [-0.2, 0) is 4.79 Å².